The van der Waals surface area contributed by atoms with Crippen LogP contribution in [0.3, 0.4) is 0 Å². The fourth-order valence-corrected chi connectivity index (χ4v) is 3.12. The molecule has 2 aromatic rings. The van der Waals surface area contributed by atoms with Gasteiger partial charge in [0.1, 0.15) is 11.3 Å². The van der Waals surface area contributed by atoms with Crippen LogP contribution in [0.25, 0.3) is 11.2 Å². The Morgan fingerprint density at radius 3 is 2.85 bits per heavy atom. The lowest BCUT2D eigenvalue weighted by molar-refractivity contribution is -0.126. The van der Waals surface area contributed by atoms with Gasteiger partial charge in [-0.15, -0.1) is 0 Å². The maximum absolute atomic E-state index is 12.5. The van der Waals surface area contributed by atoms with Gasteiger partial charge >= 0.3 is 0 Å². The molecule has 8 heteroatoms. The maximum atomic E-state index is 12.5. The minimum Gasteiger partial charge on any atom is -0.366 e. The molecule has 3 rings (SSSR count). The van der Waals surface area contributed by atoms with Crippen LogP contribution in [-0.4, -0.2) is 56.8 Å². The van der Waals surface area contributed by atoms with Crippen molar-refractivity contribution in [2.24, 2.45) is 0 Å². The molecule has 1 aliphatic rings. The van der Waals surface area contributed by atoms with E-state index in [0.29, 0.717) is 35.6 Å². The number of likely N-dealkylation sites (tertiary alicyclic amines) is 1. The zero-order valence-electron chi connectivity index (χ0n) is 15.8. The van der Waals surface area contributed by atoms with Crippen LogP contribution in [-0.2, 0) is 4.79 Å². The van der Waals surface area contributed by atoms with Gasteiger partial charge in [0.2, 0.25) is 5.91 Å². The number of rotatable bonds is 6. The van der Waals surface area contributed by atoms with Crippen molar-refractivity contribution >= 4 is 28.8 Å². The van der Waals surface area contributed by atoms with Crippen LogP contribution in [0.15, 0.2) is 25.0 Å². The van der Waals surface area contributed by atoms with Crippen molar-refractivity contribution in [2.75, 3.05) is 18.4 Å². The zero-order valence-corrected chi connectivity index (χ0v) is 15.8. The molecule has 1 aliphatic heterocycles. The zero-order chi connectivity index (χ0) is 19.4. The molecule has 0 saturated carbocycles. The summed E-state index contributed by atoms with van der Waals surface area (Å²) in [5, 5.41) is 6.33. The molecule has 0 radical (unpaired) electrons. The first-order valence-corrected chi connectivity index (χ1v) is 9.34. The van der Waals surface area contributed by atoms with E-state index in [9.17, 15) is 9.59 Å². The number of hydrogen-bond donors (Lipinski definition) is 3. The average Bonchev–Trinajstić information content (AvgIpc) is 3.11. The van der Waals surface area contributed by atoms with Crippen LogP contribution in [0.5, 0.6) is 0 Å². The molecule has 2 aromatic heterocycles. The predicted octanol–water partition coefficient (Wildman–Crippen LogP) is 2.08. The van der Waals surface area contributed by atoms with Gasteiger partial charge in [0.25, 0.3) is 5.91 Å². The minimum absolute atomic E-state index is 0.0288. The van der Waals surface area contributed by atoms with Gasteiger partial charge in [-0.3, -0.25) is 9.59 Å². The second-order valence-electron chi connectivity index (χ2n) is 6.89. The van der Waals surface area contributed by atoms with E-state index in [0.717, 1.165) is 19.3 Å². The third-order valence-corrected chi connectivity index (χ3v) is 4.95. The van der Waals surface area contributed by atoms with Crippen LogP contribution >= 0.6 is 0 Å². The fraction of sp³-hybridized carbons (Fsp3) is 0.474. The molecule has 0 spiro atoms. The lowest BCUT2D eigenvalue weighted by Crippen LogP contribution is -2.41. The first kappa shape index (κ1) is 18.9. The smallest absolute Gasteiger partial charge is 0.255 e. The second kappa shape index (κ2) is 8.20. The predicted molar refractivity (Wildman–Crippen MR) is 105 cm³/mol. The molecule has 2 amide bonds. The first-order chi connectivity index (χ1) is 13.0. The summed E-state index contributed by atoms with van der Waals surface area (Å²) < 4.78 is 0. The van der Waals surface area contributed by atoms with Crippen LogP contribution in [0, 0.1) is 0 Å². The van der Waals surface area contributed by atoms with Gasteiger partial charge in [0.15, 0.2) is 5.65 Å². The number of carbonyl (C=O) groups is 2. The van der Waals surface area contributed by atoms with Crippen molar-refractivity contribution in [3.8, 4) is 0 Å². The molecule has 0 bridgehead atoms. The van der Waals surface area contributed by atoms with E-state index in [4.69, 9.17) is 0 Å². The summed E-state index contributed by atoms with van der Waals surface area (Å²) in [4.78, 5) is 37.9. The first-order valence-electron chi connectivity index (χ1n) is 9.34. The summed E-state index contributed by atoms with van der Waals surface area (Å²) in [6.07, 6.45) is 7.17. The van der Waals surface area contributed by atoms with Crippen molar-refractivity contribution in [2.45, 2.75) is 45.2 Å². The lowest BCUT2D eigenvalue weighted by Gasteiger charge is -2.31. The summed E-state index contributed by atoms with van der Waals surface area (Å²) in [6, 6.07) is 0.308. The van der Waals surface area contributed by atoms with Crippen molar-refractivity contribution in [1.82, 2.24) is 25.2 Å². The maximum Gasteiger partial charge on any atom is 0.255 e. The number of H-pyrrole nitrogens is 1. The normalized spacial score (nSPS) is 16.1. The number of piperidine rings is 1. The lowest BCUT2D eigenvalue weighted by atomic mass is 10.1. The monoisotopic (exact) mass is 370 g/mol. The molecule has 0 aliphatic carbocycles. The number of aromatic nitrogens is 3. The van der Waals surface area contributed by atoms with Crippen molar-refractivity contribution < 1.29 is 9.59 Å². The number of hydrogen-bond acceptors (Lipinski definition) is 5. The van der Waals surface area contributed by atoms with Crippen molar-refractivity contribution in [1.29, 1.82) is 0 Å². The number of fused-ring (bicyclic) bond motifs is 1. The number of anilines is 1. The number of nitrogens with one attached hydrogen (secondary N) is 3. The van der Waals surface area contributed by atoms with Crippen LogP contribution in [0.4, 0.5) is 5.82 Å². The van der Waals surface area contributed by atoms with E-state index in [1.807, 2.05) is 13.8 Å². The number of nitrogens with zero attached hydrogens (tertiary/aromatic N) is 3. The fourth-order valence-electron chi connectivity index (χ4n) is 3.12. The summed E-state index contributed by atoms with van der Waals surface area (Å²) in [5.74, 6) is 0.449. The number of carbonyl (C=O) groups excluding carboxylic acids is 2. The second-order valence-corrected chi connectivity index (χ2v) is 6.89. The highest BCUT2D eigenvalue weighted by Crippen LogP contribution is 2.19. The van der Waals surface area contributed by atoms with Crippen LogP contribution in [0.2, 0.25) is 0 Å². The van der Waals surface area contributed by atoms with Gasteiger partial charge in [-0.25, -0.2) is 9.97 Å². The summed E-state index contributed by atoms with van der Waals surface area (Å²) >= 11 is 0. The quantitative estimate of drug-likeness (QED) is 0.676. The summed E-state index contributed by atoms with van der Waals surface area (Å²) in [5.41, 5.74) is 1.63. The largest absolute Gasteiger partial charge is 0.366 e. The molecule has 0 aromatic carbocycles. The highest BCUT2D eigenvalue weighted by atomic mass is 16.2. The standard InChI is InChI=1S/C19H26N6O2/c1-4-12(3)22-19(27)14-10-20-18-17(14)24-15(11-21-18)23-13-6-8-25(9-7-13)16(26)5-2/h5,10-13H,2,4,6-9H2,1,3H3,(H,20,21)(H,22,27)(H,23,24)/t12-/m0/s1. The topological polar surface area (TPSA) is 103 Å². The molecular formula is C19H26N6O2. The van der Waals surface area contributed by atoms with E-state index < -0.39 is 0 Å². The molecule has 1 fully saturated rings. The van der Waals surface area contributed by atoms with Crippen molar-refractivity contribution in [3.05, 3.63) is 30.6 Å². The van der Waals surface area contributed by atoms with E-state index in [1.54, 1.807) is 17.3 Å². The SMILES string of the molecule is C=CC(=O)N1CCC(Nc2cnc3[nH]cc(C(=O)N[C@@H](C)CC)c3n2)CC1. The average molecular weight is 370 g/mol. The molecular weight excluding hydrogens is 344 g/mol. The van der Waals surface area contributed by atoms with Gasteiger partial charge in [0.05, 0.1) is 11.8 Å². The molecule has 27 heavy (non-hydrogen) atoms. The van der Waals surface area contributed by atoms with E-state index >= 15 is 0 Å². The van der Waals surface area contributed by atoms with E-state index in [2.05, 4.69) is 32.2 Å². The Kier molecular flexibility index (Phi) is 5.73. The van der Waals surface area contributed by atoms with Gasteiger partial charge < -0.3 is 20.5 Å². The highest BCUT2D eigenvalue weighted by Gasteiger charge is 2.22. The molecule has 3 N–H and O–H groups in total. The van der Waals surface area contributed by atoms with Crippen LogP contribution < -0.4 is 10.6 Å². The molecule has 144 valence electrons. The third kappa shape index (κ3) is 4.27. The Morgan fingerprint density at radius 1 is 1.44 bits per heavy atom. The molecule has 1 saturated heterocycles. The Balaban J connectivity index is 1.69. The number of amides is 2. The van der Waals surface area contributed by atoms with E-state index in [-0.39, 0.29) is 23.9 Å². The Bertz CT molecular complexity index is 838. The van der Waals surface area contributed by atoms with Crippen LogP contribution in [0.1, 0.15) is 43.5 Å². The van der Waals surface area contributed by atoms with Gasteiger partial charge in [-0.1, -0.05) is 13.5 Å². The van der Waals surface area contributed by atoms with Gasteiger partial charge in [0, 0.05) is 31.4 Å². The molecule has 8 nitrogen and oxygen atoms in total. The Morgan fingerprint density at radius 2 is 2.19 bits per heavy atom. The molecule has 3 heterocycles. The molecule has 0 unspecified atom stereocenters. The third-order valence-electron chi connectivity index (χ3n) is 4.95. The highest BCUT2D eigenvalue weighted by molar-refractivity contribution is 6.04. The van der Waals surface area contributed by atoms with E-state index in [1.165, 1.54) is 6.08 Å². The van der Waals surface area contributed by atoms with Crippen molar-refractivity contribution in [3.63, 3.8) is 0 Å². The minimum atomic E-state index is -0.154. The Labute approximate surface area is 158 Å². The Hall–Kier alpha value is -2.90. The van der Waals surface area contributed by atoms with Gasteiger partial charge in [-0.05, 0) is 32.3 Å². The molecule has 1 atom stereocenters. The summed E-state index contributed by atoms with van der Waals surface area (Å²) in [7, 11) is 0. The number of aromatic amines is 1. The van der Waals surface area contributed by atoms with Gasteiger partial charge in [-0.2, -0.15) is 0 Å². The summed E-state index contributed by atoms with van der Waals surface area (Å²) in [6.45, 7) is 8.89.